The van der Waals surface area contributed by atoms with Gasteiger partial charge in [0.15, 0.2) is 0 Å². The van der Waals surface area contributed by atoms with Crippen LogP contribution < -0.4 is 4.31 Å². The van der Waals surface area contributed by atoms with Gasteiger partial charge in [-0.05, 0) is 51.0 Å². The number of nitrogens with zero attached hydrogens (tertiary/aromatic N) is 1. The molecule has 0 bridgehead atoms. The molecule has 1 fully saturated rings. The van der Waals surface area contributed by atoms with Gasteiger partial charge in [0.2, 0.25) is 10.0 Å². The number of anilines is 1. The van der Waals surface area contributed by atoms with Gasteiger partial charge < -0.3 is 4.74 Å². The topological polar surface area (TPSA) is 63.7 Å². The quantitative estimate of drug-likeness (QED) is 0.633. The first-order chi connectivity index (χ1) is 10.2. The standard InChI is InChI=1S/C16H21NO4S/c1-16(2,3)21-15(18)10-7-13-5-8-14(9-6-13)17-11-4-12-22(17,19)20/h5-10H,4,11-12H2,1-3H3/b10-7+. The highest BCUT2D eigenvalue weighted by Gasteiger charge is 2.28. The van der Waals surface area contributed by atoms with E-state index in [4.69, 9.17) is 4.74 Å². The van der Waals surface area contributed by atoms with E-state index in [1.54, 1.807) is 30.3 Å². The van der Waals surface area contributed by atoms with Crippen LogP contribution in [-0.2, 0) is 19.6 Å². The third-order valence-electron chi connectivity index (χ3n) is 3.10. The molecule has 5 nitrogen and oxygen atoms in total. The Morgan fingerprint density at radius 3 is 2.36 bits per heavy atom. The van der Waals surface area contributed by atoms with Gasteiger partial charge in [-0.25, -0.2) is 13.2 Å². The molecule has 1 aliphatic heterocycles. The van der Waals surface area contributed by atoms with Gasteiger partial charge >= 0.3 is 5.97 Å². The molecule has 1 aromatic carbocycles. The Balaban J connectivity index is 2.05. The summed E-state index contributed by atoms with van der Waals surface area (Å²) in [5.41, 5.74) is 0.952. The lowest BCUT2D eigenvalue weighted by atomic mass is 10.2. The van der Waals surface area contributed by atoms with Crippen LogP contribution in [0.3, 0.4) is 0 Å². The van der Waals surface area contributed by atoms with Gasteiger partial charge in [-0.1, -0.05) is 12.1 Å². The normalized spacial score (nSPS) is 17.9. The average Bonchev–Trinajstić information content (AvgIpc) is 2.75. The number of carbonyl (C=O) groups is 1. The molecule has 0 amide bonds. The number of esters is 1. The monoisotopic (exact) mass is 323 g/mol. The zero-order chi connectivity index (χ0) is 16.4. The van der Waals surface area contributed by atoms with E-state index in [0.29, 0.717) is 18.7 Å². The number of rotatable bonds is 3. The molecule has 22 heavy (non-hydrogen) atoms. The molecule has 1 heterocycles. The number of carbonyl (C=O) groups excluding carboxylic acids is 1. The lowest BCUT2D eigenvalue weighted by molar-refractivity contribution is -0.148. The zero-order valence-corrected chi connectivity index (χ0v) is 13.9. The third-order valence-corrected chi connectivity index (χ3v) is 4.97. The molecule has 6 heteroatoms. The number of hydrogen-bond acceptors (Lipinski definition) is 4. The number of ether oxygens (including phenoxy) is 1. The van der Waals surface area contributed by atoms with E-state index < -0.39 is 21.6 Å². The van der Waals surface area contributed by atoms with Crippen molar-refractivity contribution in [3.63, 3.8) is 0 Å². The molecule has 1 aliphatic rings. The van der Waals surface area contributed by atoms with E-state index >= 15 is 0 Å². The zero-order valence-electron chi connectivity index (χ0n) is 13.1. The fourth-order valence-electron chi connectivity index (χ4n) is 2.18. The van der Waals surface area contributed by atoms with Crippen LogP contribution in [0.15, 0.2) is 30.3 Å². The van der Waals surface area contributed by atoms with E-state index in [2.05, 4.69) is 0 Å². The van der Waals surface area contributed by atoms with Gasteiger partial charge in [-0.3, -0.25) is 4.31 Å². The Hall–Kier alpha value is -1.82. The van der Waals surface area contributed by atoms with Crippen molar-refractivity contribution in [1.82, 2.24) is 0 Å². The lowest BCUT2D eigenvalue weighted by Crippen LogP contribution is -2.24. The van der Waals surface area contributed by atoms with Gasteiger partial charge in [0.25, 0.3) is 0 Å². The van der Waals surface area contributed by atoms with Gasteiger partial charge in [0.1, 0.15) is 5.60 Å². The van der Waals surface area contributed by atoms with Crippen LogP contribution >= 0.6 is 0 Å². The second-order valence-electron chi connectivity index (χ2n) is 6.20. The van der Waals surface area contributed by atoms with Crippen molar-refractivity contribution in [2.75, 3.05) is 16.6 Å². The molecule has 0 radical (unpaired) electrons. The van der Waals surface area contributed by atoms with Crippen LogP contribution in [0.2, 0.25) is 0 Å². The Morgan fingerprint density at radius 1 is 1.23 bits per heavy atom. The minimum Gasteiger partial charge on any atom is -0.457 e. The molecule has 120 valence electrons. The largest absolute Gasteiger partial charge is 0.457 e. The van der Waals surface area contributed by atoms with Crippen molar-refractivity contribution in [3.8, 4) is 0 Å². The summed E-state index contributed by atoms with van der Waals surface area (Å²) >= 11 is 0. The summed E-state index contributed by atoms with van der Waals surface area (Å²) in [6.45, 7) is 5.95. The van der Waals surface area contributed by atoms with Gasteiger partial charge in [-0.2, -0.15) is 0 Å². The van der Waals surface area contributed by atoms with E-state index in [-0.39, 0.29) is 5.75 Å². The molecule has 0 N–H and O–H groups in total. The molecule has 0 aliphatic carbocycles. The molecular formula is C16H21NO4S. The summed E-state index contributed by atoms with van der Waals surface area (Å²) in [6.07, 6.45) is 3.67. The molecule has 1 saturated heterocycles. The highest BCUT2D eigenvalue weighted by Crippen LogP contribution is 2.24. The lowest BCUT2D eigenvalue weighted by Gasteiger charge is -2.18. The molecule has 1 aromatic rings. The Labute approximate surface area is 131 Å². The number of sulfonamides is 1. The molecule has 2 rings (SSSR count). The fraction of sp³-hybridized carbons (Fsp3) is 0.438. The first kappa shape index (κ1) is 16.5. The number of benzene rings is 1. The van der Waals surface area contributed by atoms with E-state index in [9.17, 15) is 13.2 Å². The molecule has 0 unspecified atom stereocenters. The summed E-state index contributed by atoms with van der Waals surface area (Å²) in [5, 5.41) is 0. The first-order valence-electron chi connectivity index (χ1n) is 7.19. The van der Waals surface area contributed by atoms with Crippen LogP contribution in [0, 0.1) is 0 Å². The predicted molar refractivity (Wildman–Crippen MR) is 87.1 cm³/mol. The van der Waals surface area contributed by atoms with Crippen LogP contribution in [0.25, 0.3) is 6.08 Å². The second-order valence-corrected chi connectivity index (χ2v) is 8.21. The van der Waals surface area contributed by atoms with Gasteiger partial charge in [-0.15, -0.1) is 0 Å². The summed E-state index contributed by atoms with van der Waals surface area (Å²) in [5.74, 6) is -0.202. The summed E-state index contributed by atoms with van der Waals surface area (Å²) in [6, 6.07) is 7.06. The van der Waals surface area contributed by atoms with E-state index in [1.807, 2.05) is 20.8 Å². The minimum atomic E-state index is -3.16. The minimum absolute atomic E-state index is 0.202. The maximum Gasteiger partial charge on any atom is 0.331 e. The van der Waals surface area contributed by atoms with Crippen LogP contribution in [-0.4, -0.2) is 32.3 Å². The molecule has 0 aromatic heterocycles. The Bertz CT molecular complexity index is 669. The summed E-state index contributed by atoms with van der Waals surface area (Å²) in [7, 11) is -3.16. The van der Waals surface area contributed by atoms with Crippen molar-refractivity contribution in [1.29, 1.82) is 0 Å². The van der Waals surface area contributed by atoms with E-state index in [0.717, 1.165) is 5.56 Å². The average molecular weight is 323 g/mol. The van der Waals surface area contributed by atoms with Crippen LogP contribution in [0.5, 0.6) is 0 Å². The third kappa shape index (κ3) is 4.34. The van der Waals surface area contributed by atoms with Crippen molar-refractivity contribution in [2.45, 2.75) is 32.8 Å². The molecule has 0 atom stereocenters. The van der Waals surface area contributed by atoms with Gasteiger partial charge in [0, 0.05) is 12.6 Å². The van der Waals surface area contributed by atoms with Crippen LogP contribution in [0.1, 0.15) is 32.8 Å². The highest BCUT2D eigenvalue weighted by molar-refractivity contribution is 7.93. The van der Waals surface area contributed by atoms with Crippen molar-refractivity contribution >= 4 is 27.8 Å². The summed E-state index contributed by atoms with van der Waals surface area (Å²) in [4.78, 5) is 11.6. The molecular weight excluding hydrogens is 302 g/mol. The van der Waals surface area contributed by atoms with Crippen LogP contribution in [0.4, 0.5) is 5.69 Å². The van der Waals surface area contributed by atoms with Crippen molar-refractivity contribution < 1.29 is 17.9 Å². The summed E-state index contributed by atoms with van der Waals surface area (Å²) < 4.78 is 30.3. The second kappa shape index (κ2) is 6.12. The molecule has 0 spiro atoms. The number of hydrogen-bond donors (Lipinski definition) is 0. The maximum atomic E-state index is 11.8. The van der Waals surface area contributed by atoms with Crippen molar-refractivity contribution in [2.24, 2.45) is 0 Å². The van der Waals surface area contributed by atoms with E-state index in [1.165, 1.54) is 10.4 Å². The van der Waals surface area contributed by atoms with Crippen molar-refractivity contribution in [3.05, 3.63) is 35.9 Å². The first-order valence-corrected chi connectivity index (χ1v) is 8.80. The maximum absolute atomic E-state index is 11.8. The highest BCUT2D eigenvalue weighted by atomic mass is 32.2. The SMILES string of the molecule is CC(C)(C)OC(=O)/C=C/c1ccc(N2CCCS2(=O)=O)cc1. The Kier molecular flexibility index (Phi) is 4.60. The fourth-order valence-corrected chi connectivity index (χ4v) is 3.75. The van der Waals surface area contributed by atoms with Gasteiger partial charge in [0.05, 0.1) is 11.4 Å². The Morgan fingerprint density at radius 2 is 1.86 bits per heavy atom. The predicted octanol–water partition coefficient (Wildman–Crippen LogP) is 2.58. The molecule has 0 saturated carbocycles. The smallest absolute Gasteiger partial charge is 0.331 e.